The Morgan fingerprint density at radius 2 is 2.00 bits per heavy atom. The summed E-state index contributed by atoms with van der Waals surface area (Å²) in [5, 5.41) is 2.63. The molecule has 0 saturated carbocycles. The molecule has 0 radical (unpaired) electrons. The van der Waals surface area contributed by atoms with Crippen molar-refractivity contribution in [3.63, 3.8) is 0 Å². The first-order valence-electron chi connectivity index (χ1n) is 5.74. The molecule has 0 aliphatic carbocycles. The van der Waals surface area contributed by atoms with Crippen molar-refractivity contribution >= 4 is 17.6 Å². The molecule has 0 bridgehead atoms. The van der Waals surface area contributed by atoms with Gasteiger partial charge in [-0.25, -0.2) is 4.79 Å². The molecule has 0 unspecified atom stereocenters. The minimum absolute atomic E-state index is 0.199. The van der Waals surface area contributed by atoms with Gasteiger partial charge in [-0.05, 0) is 26.0 Å². The Morgan fingerprint density at radius 3 is 2.61 bits per heavy atom. The number of benzene rings is 1. The Bertz CT molecular complexity index is 431. The van der Waals surface area contributed by atoms with Crippen molar-refractivity contribution < 1.29 is 19.1 Å². The van der Waals surface area contributed by atoms with Crippen LogP contribution in [-0.2, 0) is 14.3 Å². The highest BCUT2D eigenvalue weighted by Crippen LogP contribution is 2.24. The standard InChI is InChI=1S/C13H17NO4/c1-4-17-13(16)9(2)18-12-8-6-5-7-11(12)14-10(3)15/h5-9H,4H2,1-3H3,(H,14,15)/t9-/m1/s1. The van der Waals surface area contributed by atoms with Gasteiger partial charge in [-0.1, -0.05) is 12.1 Å². The molecule has 5 nitrogen and oxygen atoms in total. The Balaban J connectivity index is 2.77. The SMILES string of the molecule is CCOC(=O)[C@@H](C)Oc1ccccc1NC(C)=O. The number of anilines is 1. The molecule has 18 heavy (non-hydrogen) atoms. The number of rotatable bonds is 5. The van der Waals surface area contributed by atoms with Crippen LogP contribution in [0.3, 0.4) is 0 Å². The van der Waals surface area contributed by atoms with Crippen LogP contribution < -0.4 is 10.1 Å². The fraction of sp³-hybridized carbons (Fsp3) is 0.385. The second-order valence-electron chi connectivity index (χ2n) is 3.69. The molecule has 98 valence electrons. The summed E-state index contributed by atoms with van der Waals surface area (Å²) in [5.41, 5.74) is 0.529. The predicted molar refractivity (Wildman–Crippen MR) is 67.5 cm³/mol. The molecule has 1 N–H and O–H groups in total. The van der Waals surface area contributed by atoms with Gasteiger partial charge in [0.05, 0.1) is 12.3 Å². The monoisotopic (exact) mass is 251 g/mol. The van der Waals surface area contributed by atoms with Crippen LogP contribution in [0.5, 0.6) is 5.75 Å². The lowest BCUT2D eigenvalue weighted by atomic mass is 10.3. The Hall–Kier alpha value is -2.04. The highest BCUT2D eigenvalue weighted by Gasteiger charge is 2.17. The van der Waals surface area contributed by atoms with Crippen LogP contribution in [0.25, 0.3) is 0 Å². The second kappa shape index (κ2) is 6.64. The van der Waals surface area contributed by atoms with E-state index in [1.165, 1.54) is 6.92 Å². The zero-order chi connectivity index (χ0) is 13.5. The highest BCUT2D eigenvalue weighted by atomic mass is 16.6. The fourth-order valence-electron chi connectivity index (χ4n) is 1.36. The van der Waals surface area contributed by atoms with Crippen molar-refractivity contribution in [1.29, 1.82) is 0 Å². The van der Waals surface area contributed by atoms with Gasteiger partial charge in [0, 0.05) is 6.92 Å². The van der Waals surface area contributed by atoms with Crippen LogP contribution in [0.1, 0.15) is 20.8 Å². The number of para-hydroxylation sites is 2. The summed E-state index contributed by atoms with van der Waals surface area (Å²) in [5.74, 6) is -0.196. The average molecular weight is 251 g/mol. The topological polar surface area (TPSA) is 64.6 Å². The van der Waals surface area contributed by atoms with Gasteiger partial charge in [0.1, 0.15) is 5.75 Å². The lowest BCUT2D eigenvalue weighted by Crippen LogP contribution is -2.26. The van der Waals surface area contributed by atoms with Gasteiger partial charge in [-0.3, -0.25) is 4.79 Å². The second-order valence-corrected chi connectivity index (χ2v) is 3.69. The number of hydrogen-bond donors (Lipinski definition) is 1. The number of esters is 1. The van der Waals surface area contributed by atoms with E-state index in [4.69, 9.17) is 9.47 Å². The molecule has 0 aromatic heterocycles. The maximum absolute atomic E-state index is 11.4. The molecule has 0 spiro atoms. The molecule has 1 atom stereocenters. The molecule has 1 aromatic carbocycles. The molecule has 0 fully saturated rings. The molecule has 0 saturated heterocycles. The minimum Gasteiger partial charge on any atom is -0.477 e. The van der Waals surface area contributed by atoms with Crippen LogP contribution in [-0.4, -0.2) is 24.6 Å². The molecular formula is C13H17NO4. The quantitative estimate of drug-likeness (QED) is 0.813. The number of carbonyl (C=O) groups is 2. The minimum atomic E-state index is -0.722. The number of ether oxygens (including phenoxy) is 2. The summed E-state index contributed by atoms with van der Waals surface area (Å²) >= 11 is 0. The molecule has 5 heteroatoms. The van der Waals surface area contributed by atoms with Crippen LogP contribution in [0.4, 0.5) is 5.69 Å². The Kier molecular flexibility index (Phi) is 5.17. The number of nitrogens with one attached hydrogen (secondary N) is 1. The Morgan fingerprint density at radius 1 is 1.33 bits per heavy atom. The first-order valence-corrected chi connectivity index (χ1v) is 5.74. The molecule has 1 rings (SSSR count). The van der Waals surface area contributed by atoms with E-state index in [2.05, 4.69) is 5.32 Å². The van der Waals surface area contributed by atoms with Crippen LogP contribution in [0.2, 0.25) is 0 Å². The lowest BCUT2D eigenvalue weighted by molar-refractivity contribution is -0.150. The van der Waals surface area contributed by atoms with Gasteiger partial charge in [0.2, 0.25) is 5.91 Å². The van der Waals surface area contributed by atoms with Crippen molar-refractivity contribution in [3.05, 3.63) is 24.3 Å². The predicted octanol–water partition coefficient (Wildman–Crippen LogP) is 1.98. The fourth-order valence-corrected chi connectivity index (χ4v) is 1.36. The lowest BCUT2D eigenvalue weighted by Gasteiger charge is -2.16. The summed E-state index contributed by atoms with van der Waals surface area (Å²) < 4.78 is 10.3. The van der Waals surface area contributed by atoms with E-state index in [-0.39, 0.29) is 5.91 Å². The van der Waals surface area contributed by atoms with Gasteiger partial charge in [-0.15, -0.1) is 0 Å². The van der Waals surface area contributed by atoms with Crippen molar-refractivity contribution in [2.24, 2.45) is 0 Å². The van der Waals surface area contributed by atoms with Crippen LogP contribution in [0.15, 0.2) is 24.3 Å². The third-order valence-electron chi connectivity index (χ3n) is 2.12. The molecular weight excluding hydrogens is 234 g/mol. The van der Waals surface area contributed by atoms with E-state index in [9.17, 15) is 9.59 Å². The third-order valence-corrected chi connectivity index (χ3v) is 2.12. The van der Waals surface area contributed by atoms with E-state index >= 15 is 0 Å². The van der Waals surface area contributed by atoms with Gasteiger partial charge in [-0.2, -0.15) is 0 Å². The molecule has 1 amide bonds. The van der Waals surface area contributed by atoms with E-state index in [0.29, 0.717) is 18.0 Å². The molecule has 0 aliphatic rings. The summed E-state index contributed by atoms with van der Waals surface area (Å²) in [6, 6.07) is 6.92. The smallest absolute Gasteiger partial charge is 0.347 e. The van der Waals surface area contributed by atoms with E-state index in [1.807, 2.05) is 0 Å². The number of amides is 1. The van der Waals surface area contributed by atoms with Crippen LogP contribution >= 0.6 is 0 Å². The first kappa shape index (κ1) is 14.0. The van der Waals surface area contributed by atoms with E-state index < -0.39 is 12.1 Å². The van der Waals surface area contributed by atoms with Crippen molar-refractivity contribution in [2.45, 2.75) is 26.9 Å². The first-order chi connectivity index (χ1) is 8.54. The zero-order valence-corrected chi connectivity index (χ0v) is 10.7. The molecule has 0 heterocycles. The van der Waals surface area contributed by atoms with E-state index in [1.54, 1.807) is 38.1 Å². The largest absolute Gasteiger partial charge is 0.477 e. The zero-order valence-electron chi connectivity index (χ0n) is 10.7. The summed E-state index contributed by atoms with van der Waals surface area (Å²) in [4.78, 5) is 22.5. The van der Waals surface area contributed by atoms with Gasteiger partial charge < -0.3 is 14.8 Å². The third kappa shape index (κ3) is 4.08. The van der Waals surface area contributed by atoms with Crippen molar-refractivity contribution in [1.82, 2.24) is 0 Å². The number of hydrogen-bond acceptors (Lipinski definition) is 4. The van der Waals surface area contributed by atoms with Crippen LogP contribution in [0, 0.1) is 0 Å². The van der Waals surface area contributed by atoms with Crippen molar-refractivity contribution in [2.75, 3.05) is 11.9 Å². The Labute approximate surface area is 106 Å². The molecule has 1 aromatic rings. The normalized spacial score (nSPS) is 11.5. The maximum Gasteiger partial charge on any atom is 0.347 e. The number of carbonyl (C=O) groups excluding carboxylic acids is 2. The summed E-state index contributed by atoms with van der Waals surface area (Å²) in [6.45, 7) is 5.05. The van der Waals surface area contributed by atoms with Gasteiger partial charge >= 0.3 is 5.97 Å². The summed E-state index contributed by atoms with van der Waals surface area (Å²) in [7, 11) is 0. The average Bonchev–Trinajstić information content (AvgIpc) is 2.31. The maximum atomic E-state index is 11.4. The van der Waals surface area contributed by atoms with Crippen molar-refractivity contribution in [3.8, 4) is 5.75 Å². The van der Waals surface area contributed by atoms with E-state index in [0.717, 1.165) is 0 Å². The van der Waals surface area contributed by atoms with Gasteiger partial charge in [0.15, 0.2) is 6.10 Å². The highest BCUT2D eigenvalue weighted by molar-refractivity contribution is 5.90. The van der Waals surface area contributed by atoms with Gasteiger partial charge in [0.25, 0.3) is 0 Å². The molecule has 0 aliphatic heterocycles. The summed E-state index contributed by atoms with van der Waals surface area (Å²) in [6.07, 6.45) is -0.722.